The van der Waals surface area contributed by atoms with Crippen molar-refractivity contribution >= 4 is 11.6 Å². The number of rotatable bonds is 7. The first-order chi connectivity index (χ1) is 9.25. The molecule has 1 N–H and O–H groups in total. The normalized spacial score (nSPS) is 10.9. The molecule has 0 bridgehead atoms. The summed E-state index contributed by atoms with van der Waals surface area (Å²) in [6, 6.07) is 10.0. The molecule has 1 heterocycles. The highest BCUT2D eigenvalue weighted by Gasteiger charge is 2.03. The summed E-state index contributed by atoms with van der Waals surface area (Å²) in [6.45, 7) is 6.62. The van der Waals surface area contributed by atoms with E-state index in [1.165, 1.54) is 0 Å². The molecule has 1 aromatic carbocycles. The minimum Gasteiger partial charge on any atom is -0.379 e. The summed E-state index contributed by atoms with van der Waals surface area (Å²) in [7, 11) is 0. The lowest BCUT2D eigenvalue weighted by Crippen LogP contribution is -2.10. The molecule has 2 rings (SSSR count). The number of hydrogen-bond acceptors (Lipinski definition) is 3. The lowest BCUT2D eigenvalue weighted by atomic mass is 10.2. The van der Waals surface area contributed by atoms with E-state index in [9.17, 15) is 0 Å². The Morgan fingerprint density at radius 1 is 1.26 bits per heavy atom. The van der Waals surface area contributed by atoms with Crippen molar-refractivity contribution in [1.29, 1.82) is 0 Å². The van der Waals surface area contributed by atoms with Gasteiger partial charge < -0.3 is 14.6 Å². The summed E-state index contributed by atoms with van der Waals surface area (Å²) in [6.07, 6.45) is 3.76. The molecule has 0 fully saturated rings. The van der Waals surface area contributed by atoms with Crippen LogP contribution in [-0.4, -0.2) is 22.8 Å². The zero-order chi connectivity index (χ0) is 13.5. The van der Waals surface area contributed by atoms with Gasteiger partial charge in [0.05, 0.1) is 6.61 Å². The molecule has 0 aliphatic carbocycles. The molecule has 0 radical (unpaired) electrons. The minimum absolute atomic E-state index is 0.574. The Kier molecular flexibility index (Phi) is 4.98. The highest BCUT2D eigenvalue weighted by molar-refractivity contribution is 5.52. The van der Waals surface area contributed by atoms with Crippen LogP contribution in [0.15, 0.2) is 42.7 Å². The zero-order valence-corrected chi connectivity index (χ0v) is 11.5. The fourth-order valence-corrected chi connectivity index (χ4v) is 1.75. The first-order valence-electron chi connectivity index (χ1n) is 6.66. The molecular weight excluding hydrogens is 238 g/mol. The maximum absolute atomic E-state index is 5.60. The van der Waals surface area contributed by atoms with Crippen LogP contribution in [0.3, 0.4) is 0 Å². The molecule has 0 amide bonds. The number of ether oxygens (including phenoxy) is 1. The molecule has 102 valence electrons. The quantitative estimate of drug-likeness (QED) is 0.775. The zero-order valence-electron chi connectivity index (χ0n) is 11.5. The number of para-hydroxylation sites is 1. The fourth-order valence-electron chi connectivity index (χ4n) is 1.75. The van der Waals surface area contributed by atoms with Crippen LogP contribution in [-0.2, 0) is 11.3 Å². The van der Waals surface area contributed by atoms with Gasteiger partial charge in [-0.25, -0.2) is 4.98 Å². The third-order valence-corrected chi connectivity index (χ3v) is 2.67. The van der Waals surface area contributed by atoms with Gasteiger partial charge in [-0.1, -0.05) is 32.0 Å². The van der Waals surface area contributed by atoms with E-state index in [4.69, 9.17) is 4.74 Å². The Balaban J connectivity index is 1.87. The Hall–Kier alpha value is -1.81. The summed E-state index contributed by atoms with van der Waals surface area (Å²) in [5, 5.41) is 3.30. The fraction of sp³-hybridized carbons (Fsp3) is 0.400. The van der Waals surface area contributed by atoms with E-state index in [2.05, 4.69) is 28.7 Å². The number of benzene rings is 1. The average Bonchev–Trinajstić information content (AvgIpc) is 2.83. The monoisotopic (exact) mass is 259 g/mol. The molecule has 0 atom stereocenters. The third kappa shape index (κ3) is 4.41. The van der Waals surface area contributed by atoms with Crippen molar-refractivity contribution in [2.45, 2.75) is 20.4 Å². The highest BCUT2D eigenvalue weighted by Crippen LogP contribution is 2.13. The van der Waals surface area contributed by atoms with Crippen LogP contribution in [0.2, 0.25) is 0 Å². The van der Waals surface area contributed by atoms with Crippen molar-refractivity contribution in [3.05, 3.63) is 42.7 Å². The SMILES string of the molecule is CC(C)COCCn1ccnc1Nc1ccccc1. The largest absolute Gasteiger partial charge is 0.379 e. The van der Waals surface area contributed by atoms with Gasteiger partial charge in [0.25, 0.3) is 0 Å². The first-order valence-corrected chi connectivity index (χ1v) is 6.66. The molecule has 4 nitrogen and oxygen atoms in total. The molecule has 0 aliphatic rings. The van der Waals surface area contributed by atoms with Gasteiger partial charge in [0, 0.05) is 31.2 Å². The molecule has 1 aromatic heterocycles. The van der Waals surface area contributed by atoms with Gasteiger partial charge in [-0.05, 0) is 18.1 Å². The van der Waals surface area contributed by atoms with E-state index >= 15 is 0 Å². The molecule has 2 aromatic rings. The van der Waals surface area contributed by atoms with Crippen LogP contribution in [0.5, 0.6) is 0 Å². The molecule has 0 saturated heterocycles. The van der Waals surface area contributed by atoms with E-state index in [0.29, 0.717) is 12.5 Å². The molecule has 4 heteroatoms. The molecule has 19 heavy (non-hydrogen) atoms. The third-order valence-electron chi connectivity index (χ3n) is 2.67. The van der Waals surface area contributed by atoms with Crippen molar-refractivity contribution < 1.29 is 4.74 Å². The highest BCUT2D eigenvalue weighted by atomic mass is 16.5. The number of hydrogen-bond donors (Lipinski definition) is 1. The Morgan fingerprint density at radius 3 is 2.79 bits per heavy atom. The van der Waals surface area contributed by atoms with Gasteiger partial charge >= 0.3 is 0 Å². The maximum atomic E-state index is 5.60. The molecular formula is C15H21N3O. The van der Waals surface area contributed by atoms with Gasteiger partial charge in [-0.3, -0.25) is 0 Å². The minimum atomic E-state index is 0.574. The van der Waals surface area contributed by atoms with E-state index in [-0.39, 0.29) is 0 Å². The Morgan fingerprint density at radius 2 is 2.05 bits per heavy atom. The molecule has 0 aliphatic heterocycles. The smallest absolute Gasteiger partial charge is 0.207 e. The summed E-state index contributed by atoms with van der Waals surface area (Å²) >= 11 is 0. The van der Waals surface area contributed by atoms with Gasteiger partial charge in [-0.15, -0.1) is 0 Å². The van der Waals surface area contributed by atoms with Gasteiger partial charge in [0.2, 0.25) is 5.95 Å². The molecule has 0 unspecified atom stereocenters. The lowest BCUT2D eigenvalue weighted by Gasteiger charge is -2.11. The van der Waals surface area contributed by atoms with Crippen LogP contribution in [0.1, 0.15) is 13.8 Å². The van der Waals surface area contributed by atoms with Gasteiger partial charge in [0.15, 0.2) is 0 Å². The first kappa shape index (κ1) is 13.6. The van der Waals surface area contributed by atoms with E-state index in [0.717, 1.165) is 24.8 Å². The maximum Gasteiger partial charge on any atom is 0.207 e. The van der Waals surface area contributed by atoms with Crippen LogP contribution in [0.25, 0.3) is 0 Å². The van der Waals surface area contributed by atoms with Crippen LogP contribution in [0, 0.1) is 5.92 Å². The van der Waals surface area contributed by atoms with Crippen LogP contribution in [0.4, 0.5) is 11.6 Å². The lowest BCUT2D eigenvalue weighted by molar-refractivity contribution is 0.103. The second-order valence-electron chi connectivity index (χ2n) is 4.90. The number of nitrogens with zero attached hydrogens (tertiary/aromatic N) is 2. The van der Waals surface area contributed by atoms with Gasteiger partial charge in [-0.2, -0.15) is 0 Å². The average molecular weight is 259 g/mol. The Labute approximate surface area is 114 Å². The Bertz CT molecular complexity index is 479. The van der Waals surface area contributed by atoms with Crippen molar-refractivity contribution in [3.63, 3.8) is 0 Å². The standard InChI is InChI=1S/C15H21N3O/c1-13(2)12-19-11-10-18-9-8-16-15(18)17-14-6-4-3-5-7-14/h3-9,13H,10-12H2,1-2H3,(H,16,17). The summed E-state index contributed by atoms with van der Waals surface area (Å²) in [4.78, 5) is 4.32. The van der Waals surface area contributed by atoms with E-state index in [1.807, 2.05) is 36.5 Å². The van der Waals surface area contributed by atoms with Crippen molar-refractivity contribution in [2.24, 2.45) is 5.92 Å². The summed E-state index contributed by atoms with van der Waals surface area (Å²) < 4.78 is 7.66. The molecule has 0 spiro atoms. The number of aromatic nitrogens is 2. The summed E-state index contributed by atoms with van der Waals surface area (Å²) in [5.41, 5.74) is 1.04. The van der Waals surface area contributed by atoms with E-state index < -0.39 is 0 Å². The predicted octanol–water partition coefficient (Wildman–Crippen LogP) is 3.30. The predicted molar refractivity (Wildman–Crippen MR) is 77.6 cm³/mol. The van der Waals surface area contributed by atoms with Crippen molar-refractivity contribution in [1.82, 2.24) is 9.55 Å². The van der Waals surface area contributed by atoms with Crippen molar-refractivity contribution in [2.75, 3.05) is 18.5 Å². The topological polar surface area (TPSA) is 39.1 Å². The summed E-state index contributed by atoms with van der Waals surface area (Å²) in [5.74, 6) is 1.42. The number of imidazole rings is 1. The van der Waals surface area contributed by atoms with Crippen LogP contribution < -0.4 is 5.32 Å². The van der Waals surface area contributed by atoms with Crippen molar-refractivity contribution in [3.8, 4) is 0 Å². The second-order valence-corrected chi connectivity index (χ2v) is 4.90. The molecule has 0 saturated carbocycles. The second kappa shape index (κ2) is 6.95. The van der Waals surface area contributed by atoms with E-state index in [1.54, 1.807) is 6.20 Å². The number of nitrogens with one attached hydrogen (secondary N) is 1. The number of anilines is 2. The van der Waals surface area contributed by atoms with Crippen LogP contribution >= 0.6 is 0 Å². The van der Waals surface area contributed by atoms with Gasteiger partial charge in [0.1, 0.15) is 0 Å².